The third-order valence-corrected chi connectivity index (χ3v) is 5.75. The summed E-state index contributed by atoms with van der Waals surface area (Å²) in [6.45, 7) is 1.10. The number of thioether (sulfide) groups is 1. The Hall–Kier alpha value is -2.55. The minimum atomic E-state index is -1.15. The lowest BCUT2D eigenvalue weighted by molar-refractivity contribution is -0.153. The van der Waals surface area contributed by atoms with Crippen LogP contribution in [-0.4, -0.2) is 48.3 Å². The summed E-state index contributed by atoms with van der Waals surface area (Å²) in [4.78, 5) is 50.6. The molecule has 1 aromatic rings. The summed E-state index contributed by atoms with van der Waals surface area (Å²) in [6, 6.07) is 6.78. The van der Waals surface area contributed by atoms with Gasteiger partial charge in [-0.2, -0.15) is 0 Å². The first-order valence-corrected chi connectivity index (χ1v) is 10.3. The highest BCUT2D eigenvalue weighted by molar-refractivity contribution is 8.00. The van der Waals surface area contributed by atoms with E-state index in [1.165, 1.54) is 23.6 Å². The van der Waals surface area contributed by atoms with E-state index in [9.17, 15) is 19.2 Å². The van der Waals surface area contributed by atoms with E-state index in [2.05, 4.69) is 10.6 Å². The molecule has 4 amide bonds. The second-order valence-electron chi connectivity index (χ2n) is 6.81. The van der Waals surface area contributed by atoms with E-state index in [4.69, 9.17) is 4.74 Å². The van der Waals surface area contributed by atoms with Crippen LogP contribution < -0.4 is 15.5 Å². The minimum absolute atomic E-state index is 0.0775. The smallest absolute Gasteiger partial charge is 0.326 e. The summed E-state index contributed by atoms with van der Waals surface area (Å²) in [6.07, 6.45) is 2.77. The molecule has 0 spiro atoms. The number of hydrogen-bond acceptors (Lipinski definition) is 6. The van der Waals surface area contributed by atoms with Crippen molar-refractivity contribution >= 4 is 41.3 Å². The number of fused-ring (bicyclic) bond motifs is 1. The van der Waals surface area contributed by atoms with Crippen LogP contribution >= 0.6 is 11.8 Å². The molecule has 8 nitrogen and oxygen atoms in total. The van der Waals surface area contributed by atoms with Gasteiger partial charge in [0, 0.05) is 10.9 Å². The van der Waals surface area contributed by atoms with Crippen molar-refractivity contribution in [3.8, 4) is 0 Å². The molecule has 1 heterocycles. The Bertz CT molecular complexity index is 779. The number of nitrogens with one attached hydrogen (secondary N) is 2. The molecule has 2 N–H and O–H groups in total. The monoisotopic (exact) mass is 405 g/mol. The molecule has 28 heavy (non-hydrogen) atoms. The van der Waals surface area contributed by atoms with Crippen molar-refractivity contribution in [3.05, 3.63) is 24.3 Å². The normalized spacial score (nSPS) is 17.6. The largest absolute Gasteiger partial charge is 0.451 e. The van der Waals surface area contributed by atoms with Crippen molar-refractivity contribution in [2.45, 2.75) is 49.6 Å². The molecule has 150 valence electrons. The predicted octanol–water partition coefficient (Wildman–Crippen LogP) is 1.83. The number of anilines is 1. The zero-order valence-electron chi connectivity index (χ0n) is 15.6. The summed E-state index contributed by atoms with van der Waals surface area (Å²) in [5, 5.41) is 4.92. The number of amides is 4. The summed E-state index contributed by atoms with van der Waals surface area (Å²) in [5.41, 5.74) is 0.647. The van der Waals surface area contributed by atoms with Gasteiger partial charge >= 0.3 is 12.0 Å². The lowest BCUT2D eigenvalue weighted by atomic mass is 10.2. The van der Waals surface area contributed by atoms with Crippen LogP contribution in [0.2, 0.25) is 0 Å². The van der Waals surface area contributed by atoms with Gasteiger partial charge in [0.15, 0.2) is 6.10 Å². The van der Waals surface area contributed by atoms with Crippen LogP contribution in [0.5, 0.6) is 0 Å². The van der Waals surface area contributed by atoms with E-state index in [0.717, 1.165) is 30.6 Å². The second-order valence-corrected chi connectivity index (χ2v) is 7.83. The van der Waals surface area contributed by atoms with E-state index >= 15 is 0 Å². The molecule has 2 aliphatic rings. The molecule has 1 aliphatic heterocycles. The predicted molar refractivity (Wildman–Crippen MR) is 104 cm³/mol. The van der Waals surface area contributed by atoms with Gasteiger partial charge in [0.2, 0.25) is 5.91 Å². The number of nitrogens with zero attached hydrogens (tertiary/aromatic N) is 1. The molecule has 0 aromatic heterocycles. The number of imide groups is 1. The van der Waals surface area contributed by atoms with Crippen LogP contribution in [0.25, 0.3) is 0 Å². The third kappa shape index (κ3) is 5.03. The number of carbonyl (C=O) groups is 4. The minimum Gasteiger partial charge on any atom is -0.451 e. The maximum Gasteiger partial charge on any atom is 0.326 e. The molecule has 1 aromatic carbocycles. The number of ether oxygens (including phenoxy) is 1. The van der Waals surface area contributed by atoms with Crippen LogP contribution in [0.1, 0.15) is 32.6 Å². The van der Waals surface area contributed by atoms with Gasteiger partial charge in [-0.15, -0.1) is 11.8 Å². The number of benzene rings is 1. The molecular formula is C19H23N3O5S. The van der Waals surface area contributed by atoms with Crippen LogP contribution in [-0.2, 0) is 19.1 Å². The molecule has 1 fully saturated rings. The van der Waals surface area contributed by atoms with Crippen molar-refractivity contribution in [2.24, 2.45) is 0 Å². The first-order valence-electron chi connectivity index (χ1n) is 9.27. The SMILES string of the molecule is C[C@@H](OC(=O)CN1C(=O)CSc2ccccc21)C(=O)NC(=O)NC1CCCC1. The van der Waals surface area contributed by atoms with Gasteiger partial charge in [0.1, 0.15) is 6.54 Å². The zero-order chi connectivity index (χ0) is 20.1. The van der Waals surface area contributed by atoms with Crippen molar-refractivity contribution < 1.29 is 23.9 Å². The molecule has 9 heteroatoms. The van der Waals surface area contributed by atoms with Crippen LogP contribution in [0.3, 0.4) is 0 Å². The van der Waals surface area contributed by atoms with Crippen LogP contribution in [0, 0.1) is 0 Å². The molecule has 0 unspecified atom stereocenters. The lowest BCUT2D eigenvalue weighted by Gasteiger charge is -2.28. The summed E-state index contributed by atoms with van der Waals surface area (Å²) in [5.74, 6) is -1.38. The molecule has 0 bridgehead atoms. The van der Waals surface area contributed by atoms with Gasteiger partial charge in [-0.05, 0) is 31.9 Å². The van der Waals surface area contributed by atoms with Gasteiger partial charge in [-0.25, -0.2) is 4.79 Å². The van der Waals surface area contributed by atoms with Crippen molar-refractivity contribution in [2.75, 3.05) is 17.2 Å². The zero-order valence-corrected chi connectivity index (χ0v) is 16.4. The Morgan fingerprint density at radius 3 is 2.71 bits per heavy atom. The Kier molecular flexibility index (Phi) is 6.56. The van der Waals surface area contributed by atoms with E-state index in [0.29, 0.717) is 5.69 Å². The Morgan fingerprint density at radius 2 is 1.96 bits per heavy atom. The average molecular weight is 405 g/mol. The topological polar surface area (TPSA) is 105 Å². The summed E-state index contributed by atoms with van der Waals surface area (Å²) >= 11 is 1.41. The first kappa shape index (κ1) is 20.2. The Morgan fingerprint density at radius 1 is 1.25 bits per heavy atom. The van der Waals surface area contributed by atoms with Gasteiger partial charge in [-0.3, -0.25) is 24.6 Å². The summed E-state index contributed by atoms with van der Waals surface area (Å²) in [7, 11) is 0. The average Bonchev–Trinajstić information content (AvgIpc) is 3.16. The lowest BCUT2D eigenvalue weighted by Crippen LogP contribution is -2.48. The fourth-order valence-corrected chi connectivity index (χ4v) is 4.19. The van der Waals surface area contributed by atoms with Crippen molar-refractivity contribution in [1.82, 2.24) is 10.6 Å². The number of hydrogen-bond donors (Lipinski definition) is 2. The third-order valence-electron chi connectivity index (χ3n) is 4.70. The molecule has 1 aliphatic carbocycles. The van der Waals surface area contributed by atoms with Gasteiger partial charge in [0.25, 0.3) is 5.91 Å². The number of rotatable bonds is 5. The Labute approximate surface area is 167 Å². The van der Waals surface area contributed by atoms with Gasteiger partial charge in [-0.1, -0.05) is 25.0 Å². The van der Waals surface area contributed by atoms with Crippen LogP contribution in [0.4, 0.5) is 10.5 Å². The van der Waals surface area contributed by atoms with Crippen molar-refractivity contribution in [3.63, 3.8) is 0 Å². The molecule has 3 rings (SSSR count). The fraction of sp³-hybridized carbons (Fsp3) is 0.474. The van der Waals surface area contributed by atoms with E-state index in [1.807, 2.05) is 12.1 Å². The van der Waals surface area contributed by atoms with E-state index in [-0.39, 0.29) is 24.2 Å². The fourth-order valence-electron chi connectivity index (χ4n) is 3.25. The molecule has 1 atom stereocenters. The number of para-hydroxylation sites is 1. The number of esters is 1. The highest BCUT2D eigenvalue weighted by Gasteiger charge is 2.28. The molecule has 0 saturated heterocycles. The maximum atomic E-state index is 12.2. The number of urea groups is 1. The highest BCUT2D eigenvalue weighted by Crippen LogP contribution is 2.34. The number of carbonyl (C=O) groups excluding carboxylic acids is 4. The molecule has 0 radical (unpaired) electrons. The first-order chi connectivity index (χ1) is 13.4. The van der Waals surface area contributed by atoms with E-state index < -0.39 is 24.0 Å². The summed E-state index contributed by atoms with van der Waals surface area (Å²) < 4.78 is 5.12. The molecular weight excluding hydrogens is 382 g/mol. The Balaban J connectivity index is 1.50. The highest BCUT2D eigenvalue weighted by atomic mass is 32.2. The van der Waals surface area contributed by atoms with Gasteiger partial charge < -0.3 is 10.1 Å². The van der Waals surface area contributed by atoms with Gasteiger partial charge in [0.05, 0.1) is 11.4 Å². The quantitative estimate of drug-likeness (QED) is 0.724. The molecule has 1 saturated carbocycles. The van der Waals surface area contributed by atoms with E-state index in [1.54, 1.807) is 12.1 Å². The standard InChI is InChI=1S/C19H23N3O5S/c1-12(18(25)21-19(26)20-13-6-2-3-7-13)27-17(24)10-22-14-8-4-5-9-15(14)28-11-16(22)23/h4-5,8-9,12-13H,2-3,6-7,10-11H2,1H3,(H2,20,21,25,26)/t12-/m1/s1. The maximum absolute atomic E-state index is 12.2. The second kappa shape index (κ2) is 9.09. The van der Waals surface area contributed by atoms with Crippen LogP contribution in [0.15, 0.2) is 29.2 Å². The van der Waals surface area contributed by atoms with Crippen molar-refractivity contribution in [1.29, 1.82) is 0 Å².